The van der Waals surface area contributed by atoms with Crippen LogP contribution in [0.5, 0.6) is 0 Å². The van der Waals surface area contributed by atoms with Gasteiger partial charge >= 0.3 is 0 Å². The first-order chi connectivity index (χ1) is 8.81. The first-order valence-electron chi connectivity index (χ1n) is 6.97. The Morgan fingerprint density at radius 2 is 2.33 bits per heavy atom. The van der Waals surface area contributed by atoms with E-state index >= 15 is 0 Å². The van der Waals surface area contributed by atoms with Crippen molar-refractivity contribution in [1.29, 1.82) is 0 Å². The van der Waals surface area contributed by atoms with Gasteiger partial charge in [0, 0.05) is 25.4 Å². The van der Waals surface area contributed by atoms with E-state index in [1.807, 2.05) is 12.1 Å². The van der Waals surface area contributed by atoms with Gasteiger partial charge in [-0.05, 0) is 48.6 Å². The largest absolute Gasteiger partial charge is 0.352 e. The maximum Gasteiger partial charge on any atom is 0.220 e. The summed E-state index contributed by atoms with van der Waals surface area (Å²) < 4.78 is 0. The first-order valence-corrected chi connectivity index (χ1v) is 6.97. The van der Waals surface area contributed by atoms with Gasteiger partial charge in [-0.3, -0.25) is 9.78 Å². The zero-order chi connectivity index (χ0) is 12.4. The summed E-state index contributed by atoms with van der Waals surface area (Å²) in [7, 11) is 0. The predicted octanol–water partition coefficient (Wildman–Crippen LogP) is 2.52. The molecule has 2 fully saturated rings. The second-order valence-corrected chi connectivity index (χ2v) is 5.78. The summed E-state index contributed by atoms with van der Waals surface area (Å²) in [5.74, 6) is 2.61. The van der Waals surface area contributed by atoms with Crippen LogP contribution in [0.4, 0.5) is 0 Å². The Morgan fingerprint density at radius 3 is 3.00 bits per heavy atom. The molecule has 3 atom stereocenters. The Morgan fingerprint density at radius 1 is 1.39 bits per heavy atom. The third kappa shape index (κ3) is 2.55. The lowest BCUT2D eigenvalue weighted by Gasteiger charge is -2.20. The van der Waals surface area contributed by atoms with E-state index < -0.39 is 0 Å². The molecule has 3 nitrogen and oxygen atoms in total. The molecule has 18 heavy (non-hydrogen) atoms. The maximum absolute atomic E-state index is 11.9. The Balaban J connectivity index is 1.45. The van der Waals surface area contributed by atoms with E-state index in [0.29, 0.717) is 12.5 Å². The Labute approximate surface area is 108 Å². The molecule has 0 aromatic carbocycles. The molecular formula is C15H20N2O. The Hall–Kier alpha value is -1.38. The highest BCUT2D eigenvalue weighted by Gasteiger charge is 2.39. The molecule has 1 aromatic heterocycles. The van der Waals surface area contributed by atoms with Gasteiger partial charge in [0.15, 0.2) is 0 Å². The quantitative estimate of drug-likeness (QED) is 0.884. The highest BCUT2D eigenvalue weighted by molar-refractivity contribution is 5.76. The van der Waals surface area contributed by atoms with E-state index in [0.717, 1.165) is 23.8 Å². The van der Waals surface area contributed by atoms with Crippen molar-refractivity contribution in [3.8, 4) is 0 Å². The molecule has 0 saturated heterocycles. The topological polar surface area (TPSA) is 42.0 Å². The number of fused-ring (bicyclic) bond motifs is 2. The summed E-state index contributed by atoms with van der Waals surface area (Å²) >= 11 is 0. The van der Waals surface area contributed by atoms with Crippen molar-refractivity contribution in [3.05, 3.63) is 30.1 Å². The molecule has 1 amide bonds. The summed E-state index contributed by atoms with van der Waals surface area (Å²) in [6, 6.07) is 3.89. The van der Waals surface area contributed by atoms with Gasteiger partial charge in [0.25, 0.3) is 0 Å². The lowest BCUT2D eigenvalue weighted by molar-refractivity contribution is -0.122. The van der Waals surface area contributed by atoms with Crippen LogP contribution in [0.25, 0.3) is 0 Å². The van der Waals surface area contributed by atoms with Crippen LogP contribution in [0.1, 0.15) is 37.7 Å². The number of carbonyl (C=O) groups excluding carboxylic acids is 1. The minimum absolute atomic E-state index is 0.205. The average molecular weight is 244 g/mol. The van der Waals surface area contributed by atoms with Gasteiger partial charge in [-0.15, -0.1) is 0 Å². The van der Waals surface area contributed by atoms with Crippen LogP contribution in [-0.4, -0.2) is 10.9 Å². The van der Waals surface area contributed by atoms with Gasteiger partial charge in [-0.2, -0.15) is 0 Å². The number of hydrogen-bond donors (Lipinski definition) is 1. The zero-order valence-electron chi connectivity index (χ0n) is 10.6. The minimum Gasteiger partial charge on any atom is -0.352 e. The van der Waals surface area contributed by atoms with Gasteiger partial charge in [0.05, 0.1) is 0 Å². The summed E-state index contributed by atoms with van der Waals surface area (Å²) in [5, 5.41) is 3.01. The number of aromatic nitrogens is 1. The average Bonchev–Trinajstić information content (AvgIpc) is 3.00. The first kappa shape index (κ1) is 11.7. The van der Waals surface area contributed by atoms with Crippen LogP contribution in [-0.2, 0) is 11.3 Å². The smallest absolute Gasteiger partial charge is 0.220 e. The fourth-order valence-corrected chi connectivity index (χ4v) is 3.64. The van der Waals surface area contributed by atoms with Crippen LogP contribution in [0.2, 0.25) is 0 Å². The second kappa shape index (κ2) is 5.09. The standard InChI is InChI=1S/C15H20N2O/c18-15(17-10-12-2-1-5-16-9-12)8-14-7-11-3-4-13(14)6-11/h1-2,5,9,11,13-14H,3-4,6-8,10H2,(H,17,18). The second-order valence-electron chi connectivity index (χ2n) is 5.78. The Bertz CT molecular complexity index is 418. The van der Waals surface area contributed by atoms with Crippen molar-refractivity contribution in [2.24, 2.45) is 17.8 Å². The molecule has 0 radical (unpaired) electrons. The van der Waals surface area contributed by atoms with E-state index in [9.17, 15) is 4.79 Å². The molecule has 96 valence electrons. The summed E-state index contributed by atoms with van der Waals surface area (Å²) in [5.41, 5.74) is 1.07. The molecular weight excluding hydrogens is 224 g/mol. The van der Waals surface area contributed by atoms with Crippen molar-refractivity contribution in [3.63, 3.8) is 0 Å². The van der Waals surface area contributed by atoms with Crippen LogP contribution < -0.4 is 5.32 Å². The summed E-state index contributed by atoms with van der Waals surface area (Å²) in [6.45, 7) is 0.605. The van der Waals surface area contributed by atoms with Gasteiger partial charge < -0.3 is 5.32 Å². The number of nitrogens with zero attached hydrogens (tertiary/aromatic N) is 1. The molecule has 1 heterocycles. The van der Waals surface area contributed by atoms with Crippen LogP contribution in [0.15, 0.2) is 24.5 Å². The summed E-state index contributed by atoms with van der Waals surface area (Å²) in [6.07, 6.45) is 9.69. The highest BCUT2D eigenvalue weighted by Crippen LogP contribution is 2.49. The van der Waals surface area contributed by atoms with Crippen LogP contribution >= 0.6 is 0 Å². The third-order valence-electron chi connectivity index (χ3n) is 4.54. The van der Waals surface area contributed by atoms with E-state index in [2.05, 4.69) is 10.3 Å². The molecule has 2 saturated carbocycles. The number of rotatable bonds is 4. The van der Waals surface area contributed by atoms with Crippen molar-refractivity contribution in [2.75, 3.05) is 0 Å². The number of carbonyl (C=O) groups is 1. The molecule has 2 aliphatic carbocycles. The molecule has 3 heteroatoms. The Kier molecular flexibility index (Phi) is 3.31. The van der Waals surface area contributed by atoms with Crippen molar-refractivity contribution >= 4 is 5.91 Å². The van der Waals surface area contributed by atoms with Crippen molar-refractivity contribution in [2.45, 2.75) is 38.6 Å². The van der Waals surface area contributed by atoms with Gasteiger partial charge in [0.1, 0.15) is 0 Å². The fraction of sp³-hybridized carbons (Fsp3) is 0.600. The van der Waals surface area contributed by atoms with Crippen molar-refractivity contribution < 1.29 is 4.79 Å². The normalized spacial score (nSPS) is 29.4. The van der Waals surface area contributed by atoms with Gasteiger partial charge in [0.2, 0.25) is 5.91 Å². The maximum atomic E-state index is 11.9. The third-order valence-corrected chi connectivity index (χ3v) is 4.54. The molecule has 1 aromatic rings. The molecule has 2 aliphatic rings. The van der Waals surface area contributed by atoms with Crippen LogP contribution in [0.3, 0.4) is 0 Å². The molecule has 0 aliphatic heterocycles. The number of hydrogen-bond acceptors (Lipinski definition) is 2. The fourth-order valence-electron chi connectivity index (χ4n) is 3.64. The summed E-state index contributed by atoms with van der Waals surface area (Å²) in [4.78, 5) is 16.0. The monoisotopic (exact) mass is 244 g/mol. The number of nitrogens with one attached hydrogen (secondary N) is 1. The van der Waals surface area contributed by atoms with E-state index in [1.54, 1.807) is 12.4 Å². The SMILES string of the molecule is O=C(CC1CC2CCC1C2)NCc1cccnc1. The molecule has 2 bridgehead atoms. The van der Waals surface area contributed by atoms with Gasteiger partial charge in [-0.1, -0.05) is 12.5 Å². The van der Waals surface area contributed by atoms with E-state index in [4.69, 9.17) is 0 Å². The molecule has 1 N–H and O–H groups in total. The minimum atomic E-state index is 0.205. The van der Waals surface area contributed by atoms with E-state index in [1.165, 1.54) is 25.7 Å². The molecule has 3 unspecified atom stereocenters. The lowest BCUT2D eigenvalue weighted by atomic mass is 9.86. The molecule has 0 spiro atoms. The van der Waals surface area contributed by atoms with Gasteiger partial charge in [-0.25, -0.2) is 0 Å². The number of amides is 1. The predicted molar refractivity (Wildman–Crippen MR) is 69.6 cm³/mol. The number of pyridine rings is 1. The van der Waals surface area contributed by atoms with Crippen LogP contribution in [0, 0.1) is 17.8 Å². The van der Waals surface area contributed by atoms with Crippen molar-refractivity contribution in [1.82, 2.24) is 10.3 Å². The lowest BCUT2D eigenvalue weighted by Crippen LogP contribution is -2.26. The highest BCUT2D eigenvalue weighted by atomic mass is 16.1. The zero-order valence-corrected chi connectivity index (χ0v) is 10.6. The van der Waals surface area contributed by atoms with E-state index in [-0.39, 0.29) is 5.91 Å². The molecule has 3 rings (SSSR count).